The van der Waals surface area contributed by atoms with Gasteiger partial charge in [-0.25, -0.2) is 4.79 Å². The minimum atomic E-state index is -0.581. The number of nitrogens with one attached hydrogen (secondary N) is 2. The van der Waals surface area contributed by atoms with Crippen LogP contribution in [0.2, 0.25) is 0 Å². The first kappa shape index (κ1) is 20.7. The van der Waals surface area contributed by atoms with Crippen molar-refractivity contribution >= 4 is 12.2 Å². The van der Waals surface area contributed by atoms with Gasteiger partial charge in [0.2, 0.25) is 0 Å². The predicted molar refractivity (Wildman–Crippen MR) is 99.6 cm³/mol. The molecule has 25 heavy (non-hydrogen) atoms. The van der Waals surface area contributed by atoms with Gasteiger partial charge in [0.25, 0.3) is 0 Å². The van der Waals surface area contributed by atoms with Gasteiger partial charge < -0.3 is 19.9 Å². The van der Waals surface area contributed by atoms with Gasteiger partial charge in [0.1, 0.15) is 18.5 Å². The third-order valence-electron chi connectivity index (χ3n) is 3.30. The molecule has 3 N–H and O–H groups in total. The highest BCUT2D eigenvalue weighted by Crippen LogP contribution is 2.22. The second-order valence-corrected chi connectivity index (χ2v) is 5.86. The summed E-state index contributed by atoms with van der Waals surface area (Å²) in [5, 5.41) is 15.6. The molecule has 1 amide bonds. The van der Waals surface area contributed by atoms with Gasteiger partial charge in [-0.05, 0) is 35.8 Å². The van der Waals surface area contributed by atoms with E-state index in [2.05, 4.69) is 21.9 Å². The van der Waals surface area contributed by atoms with E-state index >= 15 is 0 Å². The summed E-state index contributed by atoms with van der Waals surface area (Å²) in [6.45, 7) is 8.50. The van der Waals surface area contributed by atoms with Crippen LogP contribution in [0.4, 0.5) is 4.79 Å². The third-order valence-corrected chi connectivity index (χ3v) is 3.30. The summed E-state index contributed by atoms with van der Waals surface area (Å²) in [5.41, 5.74) is 1.86. The Morgan fingerprint density at radius 1 is 1.40 bits per heavy atom. The van der Waals surface area contributed by atoms with Gasteiger partial charge in [0.05, 0.1) is 7.11 Å². The van der Waals surface area contributed by atoms with Crippen LogP contribution in [-0.4, -0.2) is 43.6 Å². The lowest BCUT2D eigenvalue weighted by atomic mass is 10.1. The van der Waals surface area contributed by atoms with Crippen LogP contribution in [0.25, 0.3) is 6.08 Å². The maximum Gasteiger partial charge on any atom is 0.410 e. The molecule has 0 heterocycles. The van der Waals surface area contributed by atoms with Crippen molar-refractivity contribution in [2.75, 3.05) is 20.3 Å². The summed E-state index contributed by atoms with van der Waals surface area (Å²) in [5.74, 6) is 0.710. The Balaban J connectivity index is 2.70. The topological polar surface area (TPSA) is 79.8 Å². The van der Waals surface area contributed by atoms with Crippen molar-refractivity contribution in [3.63, 3.8) is 0 Å². The van der Waals surface area contributed by atoms with Crippen LogP contribution in [0.5, 0.6) is 5.75 Å². The molecule has 0 radical (unpaired) electrons. The Hall–Kier alpha value is -2.31. The maximum absolute atomic E-state index is 11.0. The molecule has 0 bridgehead atoms. The number of methoxy groups -OCH3 is 1. The second-order valence-electron chi connectivity index (χ2n) is 5.86. The Labute approximate surface area is 149 Å². The minimum absolute atomic E-state index is 0.211. The summed E-state index contributed by atoms with van der Waals surface area (Å²) in [7, 11) is 1.31. The fourth-order valence-corrected chi connectivity index (χ4v) is 2.04. The average molecular weight is 348 g/mol. The average Bonchev–Trinajstić information content (AvgIpc) is 2.59. The number of allylic oxidation sites excluding steroid dienone is 1. The van der Waals surface area contributed by atoms with Gasteiger partial charge in [-0.1, -0.05) is 26.0 Å². The first-order valence-electron chi connectivity index (χ1n) is 8.25. The quantitative estimate of drug-likeness (QED) is 0.566. The van der Waals surface area contributed by atoms with E-state index in [-0.39, 0.29) is 6.61 Å². The van der Waals surface area contributed by atoms with Crippen LogP contribution in [0.3, 0.4) is 0 Å². The summed E-state index contributed by atoms with van der Waals surface area (Å²) < 4.78 is 10.2. The summed E-state index contributed by atoms with van der Waals surface area (Å²) in [4.78, 5) is 11.0. The normalized spacial score (nSPS) is 12.2. The van der Waals surface area contributed by atoms with Gasteiger partial charge in [-0.15, -0.1) is 6.58 Å². The lowest BCUT2D eigenvalue weighted by Gasteiger charge is -2.17. The lowest BCUT2D eigenvalue weighted by Crippen LogP contribution is -2.35. The zero-order valence-corrected chi connectivity index (χ0v) is 15.1. The first-order valence-corrected chi connectivity index (χ1v) is 8.25. The molecular formula is C19H28N2O4. The molecule has 0 aliphatic carbocycles. The number of amides is 1. The molecule has 1 unspecified atom stereocenters. The fourth-order valence-electron chi connectivity index (χ4n) is 2.04. The Kier molecular flexibility index (Phi) is 9.36. The predicted octanol–water partition coefficient (Wildman–Crippen LogP) is 2.48. The number of rotatable bonds is 10. The lowest BCUT2D eigenvalue weighted by molar-refractivity contribution is 0.104. The number of aliphatic hydroxyl groups excluding tert-OH is 1. The van der Waals surface area contributed by atoms with E-state index in [0.29, 0.717) is 24.8 Å². The van der Waals surface area contributed by atoms with E-state index in [9.17, 15) is 9.90 Å². The van der Waals surface area contributed by atoms with E-state index in [1.54, 1.807) is 12.2 Å². The summed E-state index contributed by atoms with van der Waals surface area (Å²) in [6, 6.07) is 5.98. The molecule has 0 aliphatic rings. The van der Waals surface area contributed by atoms with E-state index in [1.807, 2.05) is 32.0 Å². The van der Waals surface area contributed by atoms with Crippen molar-refractivity contribution in [2.24, 2.45) is 0 Å². The zero-order chi connectivity index (χ0) is 18.7. The van der Waals surface area contributed by atoms with Gasteiger partial charge in [-0.3, -0.25) is 5.32 Å². The van der Waals surface area contributed by atoms with Crippen molar-refractivity contribution < 1.29 is 19.4 Å². The molecule has 1 atom stereocenters. The van der Waals surface area contributed by atoms with Crippen LogP contribution >= 0.6 is 0 Å². The van der Waals surface area contributed by atoms with Crippen LogP contribution in [0.1, 0.15) is 25.0 Å². The van der Waals surface area contributed by atoms with Gasteiger partial charge in [0, 0.05) is 18.8 Å². The number of hydrogen-bond donors (Lipinski definition) is 3. The molecule has 0 saturated carbocycles. The molecule has 0 saturated heterocycles. The molecule has 0 aromatic heterocycles. The molecule has 0 fully saturated rings. The highest BCUT2D eigenvalue weighted by atomic mass is 16.5. The van der Waals surface area contributed by atoms with Gasteiger partial charge in [-0.2, -0.15) is 0 Å². The molecule has 1 aromatic carbocycles. The monoisotopic (exact) mass is 348 g/mol. The minimum Gasteiger partial charge on any atom is -0.491 e. The standard InChI is InChI=1S/C19H28N2O4/c1-5-6-16-11-15(9-10-20-19(23)24-4)7-8-18(16)25-13-17(22)12-21-14(2)3/h5,7-11,14,17,21-22H,1,6,12-13H2,2-4H3,(H,20,23). The van der Waals surface area contributed by atoms with E-state index in [1.165, 1.54) is 13.3 Å². The number of hydrogen-bond acceptors (Lipinski definition) is 5. The van der Waals surface area contributed by atoms with Gasteiger partial charge in [0.15, 0.2) is 0 Å². The molecule has 6 nitrogen and oxygen atoms in total. The van der Waals surface area contributed by atoms with Crippen molar-refractivity contribution in [3.8, 4) is 5.75 Å². The highest BCUT2D eigenvalue weighted by molar-refractivity contribution is 5.69. The van der Waals surface area contributed by atoms with E-state index in [4.69, 9.17) is 4.74 Å². The molecular weight excluding hydrogens is 320 g/mol. The fraction of sp³-hybridized carbons (Fsp3) is 0.421. The third kappa shape index (κ3) is 8.37. The SMILES string of the molecule is C=CCc1cc(C=CNC(=O)OC)ccc1OCC(O)CNC(C)C. The molecule has 1 aromatic rings. The van der Waals surface area contributed by atoms with Crippen LogP contribution in [0.15, 0.2) is 37.1 Å². The smallest absolute Gasteiger partial charge is 0.410 e. The highest BCUT2D eigenvalue weighted by Gasteiger charge is 2.09. The molecule has 1 rings (SSSR count). The van der Waals surface area contributed by atoms with Crippen molar-refractivity contribution in [1.29, 1.82) is 0 Å². The molecule has 138 valence electrons. The van der Waals surface area contributed by atoms with Crippen LogP contribution in [0, 0.1) is 0 Å². The second kappa shape index (κ2) is 11.3. The van der Waals surface area contributed by atoms with Crippen molar-refractivity contribution in [2.45, 2.75) is 32.4 Å². The van der Waals surface area contributed by atoms with Crippen LogP contribution in [-0.2, 0) is 11.2 Å². The molecule has 0 aliphatic heterocycles. The number of ether oxygens (including phenoxy) is 2. The summed E-state index contributed by atoms with van der Waals surface area (Å²) >= 11 is 0. The zero-order valence-electron chi connectivity index (χ0n) is 15.1. The number of aliphatic hydroxyl groups is 1. The van der Waals surface area contributed by atoms with E-state index < -0.39 is 12.2 Å². The number of carbonyl (C=O) groups is 1. The van der Waals surface area contributed by atoms with Gasteiger partial charge >= 0.3 is 6.09 Å². The van der Waals surface area contributed by atoms with Crippen molar-refractivity contribution in [3.05, 3.63) is 48.2 Å². The number of carbonyl (C=O) groups excluding carboxylic acids is 1. The largest absolute Gasteiger partial charge is 0.491 e. The van der Waals surface area contributed by atoms with Crippen molar-refractivity contribution in [1.82, 2.24) is 10.6 Å². The molecule has 6 heteroatoms. The number of alkyl carbamates (subject to hydrolysis) is 1. The Bertz CT molecular complexity index is 585. The van der Waals surface area contributed by atoms with E-state index in [0.717, 1.165) is 11.1 Å². The van der Waals surface area contributed by atoms with Crippen LogP contribution < -0.4 is 15.4 Å². The first-order chi connectivity index (χ1) is 12.0. The number of benzene rings is 1. The maximum atomic E-state index is 11.0. The Morgan fingerprint density at radius 2 is 2.16 bits per heavy atom. The Morgan fingerprint density at radius 3 is 2.80 bits per heavy atom. The summed E-state index contributed by atoms with van der Waals surface area (Å²) in [6.07, 6.45) is 4.60. The molecule has 0 spiro atoms.